The van der Waals surface area contributed by atoms with Crippen molar-refractivity contribution in [2.24, 2.45) is 0 Å². The molecule has 0 aliphatic carbocycles. The summed E-state index contributed by atoms with van der Waals surface area (Å²) < 4.78 is 4.91. The van der Waals surface area contributed by atoms with Crippen LogP contribution in [0, 0.1) is 0 Å². The topological polar surface area (TPSA) is 59.5 Å². The molecule has 0 saturated carbocycles. The van der Waals surface area contributed by atoms with Gasteiger partial charge >= 0.3 is 0 Å². The molecule has 1 atom stereocenters. The molecule has 2 aromatic heterocycles. The quantitative estimate of drug-likeness (QED) is 0.462. The summed E-state index contributed by atoms with van der Waals surface area (Å²) in [5.74, 6) is 0. The first-order valence-corrected chi connectivity index (χ1v) is 9.88. The van der Waals surface area contributed by atoms with Gasteiger partial charge in [0.1, 0.15) is 5.52 Å². The molecule has 7 heteroatoms. The minimum atomic E-state index is -0.782. The van der Waals surface area contributed by atoms with Crippen LogP contribution in [-0.2, 0) is 6.54 Å². The Bertz CT molecular complexity index is 1180. The van der Waals surface area contributed by atoms with Crippen molar-refractivity contribution in [3.63, 3.8) is 0 Å². The number of fused-ring (bicyclic) bond motifs is 1. The molecule has 0 aliphatic rings. The van der Waals surface area contributed by atoms with E-state index in [1.165, 1.54) is 4.57 Å². The van der Waals surface area contributed by atoms with Gasteiger partial charge in [0.15, 0.2) is 0 Å². The van der Waals surface area contributed by atoms with Crippen LogP contribution in [-0.4, -0.2) is 19.3 Å². The van der Waals surface area contributed by atoms with Crippen LogP contribution in [0.3, 0.4) is 0 Å². The molecule has 4 rings (SSSR count). The summed E-state index contributed by atoms with van der Waals surface area (Å²) in [6, 6.07) is 17.0. The zero-order valence-corrected chi connectivity index (χ0v) is 17.3. The van der Waals surface area contributed by atoms with E-state index in [-0.39, 0.29) is 12.1 Å². The molecular weight excluding hydrogens is 474 g/mol. The average molecular weight is 489 g/mol. The first kappa shape index (κ1) is 18.2. The zero-order valence-electron chi connectivity index (χ0n) is 14.1. The number of nitrogens with zero attached hydrogens (tertiary/aromatic N) is 3. The number of aliphatic hydroxyl groups is 1. The lowest BCUT2D eigenvalue weighted by molar-refractivity contribution is 0.155. The number of halogens is 2. The van der Waals surface area contributed by atoms with Gasteiger partial charge in [0.05, 0.1) is 18.3 Å². The van der Waals surface area contributed by atoms with Crippen molar-refractivity contribution in [1.29, 1.82) is 0 Å². The van der Waals surface area contributed by atoms with Gasteiger partial charge in [-0.3, -0.25) is 4.79 Å². The second-order valence-corrected chi connectivity index (χ2v) is 8.03. The van der Waals surface area contributed by atoms with E-state index in [1.807, 2.05) is 48.5 Å². The Balaban J connectivity index is 1.69. The summed E-state index contributed by atoms with van der Waals surface area (Å²) in [6.45, 7) is 0.170. The van der Waals surface area contributed by atoms with Crippen molar-refractivity contribution in [1.82, 2.24) is 14.2 Å². The third kappa shape index (κ3) is 3.76. The van der Waals surface area contributed by atoms with Crippen LogP contribution in [0.25, 0.3) is 16.8 Å². The van der Waals surface area contributed by atoms with Gasteiger partial charge in [0.2, 0.25) is 0 Å². The van der Waals surface area contributed by atoms with Gasteiger partial charge in [-0.1, -0.05) is 56.1 Å². The van der Waals surface area contributed by atoms with Crippen LogP contribution in [0.2, 0.25) is 0 Å². The summed E-state index contributed by atoms with van der Waals surface area (Å²) in [5, 5.41) is 15.0. The molecule has 136 valence electrons. The highest BCUT2D eigenvalue weighted by atomic mass is 79.9. The Morgan fingerprint density at radius 2 is 1.74 bits per heavy atom. The zero-order chi connectivity index (χ0) is 19.0. The van der Waals surface area contributed by atoms with Crippen LogP contribution in [0.15, 0.2) is 80.7 Å². The third-order valence-corrected chi connectivity index (χ3v) is 5.31. The van der Waals surface area contributed by atoms with Gasteiger partial charge < -0.3 is 9.67 Å². The van der Waals surface area contributed by atoms with Gasteiger partial charge in [0, 0.05) is 26.9 Å². The molecule has 27 heavy (non-hydrogen) atoms. The normalized spacial score (nSPS) is 12.4. The lowest BCUT2D eigenvalue weighted by atomic mass is 10.1. The summed E-state index contributed by atoms with van der Waals surface area (Å²) in [7, 11) is 0. The van der Waals surface area contributed by atoms with E-state index < -0.39 is 6.10 Å². The van der Waals surface area contributed by atoms with Crippen molar-refractivity contribution in [2.75, 3.05) is 0 Å². The first-order valence-electron chi connectivity index (χ1n) is 8.29. The van der Waals surface area contributed by atoms with Gasteiger partial charge in [0.25, 0.3) is 5.56 Å². The number of benzene rings is 2. The molecule has 0 spiro atoms. The highest BCUT2D eigenvalue weighted by Crippen LogP contribution is 2.23. The molecule has 0 amide bonds. The molecular formula is C20H15Br2N3O2. The van der Waals surface area contributed by atoms with Crippen molar-refractivity contribution in [2.45, 2.75) is 12.6 Å². The highest BCUT2D eigenvalue weighted by Gasteiger charge is 2.13. The Morgan fingerprint density at radius 3 is 2.48 bits per heavy atom. The van der Waals surface area contributed by atoms with E-state index in [0.29, 0.717) is 5.52 Å². The third-order valence-electron chi connectivity index (χ3n) is 4.33. The summed E-state index contributed by atoms with van der Waals surface area (Å²) in [5.41, 5.74) is 2.67. The molecule has 4 aromatic rings. The Kier molecular flexibility index (Phi) is 4.99. The van der Waals surface area contributed by atoms with Crippen molar-refractivity contribution < 1.29 is 5.11 Å². The molecule has 0 bridgehead atoms. The number of aromatic nitrogens is 3. The predicted molar refractivity (Wildman–Crippen MR) is 112 cm³/mol. The van der Waals surface area contributed by atoms with E-state index >= 15 is 0 Å². The maximum absolute atomic E-state index is 12.8. The molecule has 2 aromatic carbocycles. The summed E-state index contributed by atoms with van der Waals surface area (Å²) in [6.07, 6.45) is 2.59. The number of hydrogen-bond donors (Lipinski definition) is 1. The largest absolute Gasteiger partial charge is 0.387 e. The van der Waals surface area contributed by atoms with E-state index in [1.54, 1.807) is 23.0 Å². The Morgan fingerprint density at radius 1 is 1.00 bits per heavy atom. The predicted octanol–water partition coefficient (Wildman–Crippen LogP) is 4.42. The molecule has 0 aliphatic heterocycles. The minimum absolute atomic E-state index is 0.170. The molecule has 0 saturated heterocycles. The van der Waals surface area contributed by atoms with E-state index in [0.717, 1.165) is 25.8 Å². The SMILES string of the molecule is O=c1c2cc(-c3cccc(Br)c3)nn2ccn1CC(O)c1cccc(Br)c1. The van der Waals surface area contributed by atoms with Crippen LogP contribution in [0.4, 0.5) is 0 Å². The Labute approximate surface area is 172 Å². The number of rotatable bonds is 4. The fourth-order valence-electron chi connectivity index (χ4n) is 2.96. The van der Waals surface area contributed by atoms with Gasteiger partial charge in [-0.25, -0.2) is 4.52 Å². The van der Waals surface area contributed by atoms with Crippen molar-refractivity contribution in [3.8, 4) is 11.3 Å². The fraction of sp³-hybridized carbons (Fsp3) is 0.100. The molecule has 0 fully saturated rings. The lowest BCUT2D eigenvalue weighted by Gasteiger charge is -2.13. The maximum atomic E-state index is 12.8. The highest BCUT2D eigenvalue weighted by molar-refractivity contribution is 9.10. The van der Waals surface area contributed by atoms with Gasteiger partial charge in [-0.15, -0.1) is 0 Å². The average Bonchev–Trinajstić information content (AvgIpc) is 3.09. The Hall–Kier alpha value is -2.22. The van der Waals surface area contributed by atoms with E-state index in [4.69, 9.17) is 0 Å². The molecule has 5 nitrogen and oxygen atoms in total. The van der Waals surface area contributed by atoms with Gasteiger partial charge in [-0.05, 0) is 35.9 Å². The van der Waals surface area contributed by atoms with Crippen LogP contribution in [0.1, 0.15) is 11.7 Å². The van der Waals surface area contributed by atoms with Crippen LogP contribution in [0.5, 0.6) is 0 Å². The molecule has 2 heterocycles. The maximum Gasteiger partial charge on any atom is 0.276 e. The van der Waals surface area contributed by atoms with Crippen molar-refractivity contribution >= 4 is 37.4 Å². The molecule has 1 unspecified atom stereocenters. The van der Waals surface area contributed by atoms with Crippen LogP contribution < -0.4 is 5.56 Å². The molecule has 1 N–H and O–H groups in total. The van der Waals surface area contributed by atoms with Crippen LogP contribution >= 0.6 is 31.9 Å². The summed E-state index contributed by atoms with van der Waals surface area (Å²) >= 11 is 6.85. The minimum Gasteiger partial charge on any atom is -0.387 e. The second kappa shape index (κ2) is 7.42. The van der Waals surface area contributed by atoms with Crippen molar-refractivity contribution in [3.05, 3.63) is 91.9 Å². The lowest BCUT2D eigenvalue weighted by Crippen LogP contribution is -2.24. The summed E-state index contributed by atoms with van der Waals surface area (Å²) in [4.78, 5) is 12.8. The van der Waals surface area contributed by atoms with Gasteiger partial charge in [-0.2, -0.15) is 5.10 Å². The fourth-order valence-corrected chi connectivity index (χ4v) is 3.78. The standard InChI is InChI=1S/C20H15Br2N3O2/c21-15-5-1-3-13(9-15)17-11-18-20(27)24(7-8-25(18)23-17)12-19(26)14-4-2-6-16(22)10-14/h1-11,19,26H,12H2. The smallest absolute Gasteiger partial charge is 0.276 e. The first-order chi connectivity index (χ1) is 13.0. The van der Waals surface area contributed by atoms with E-state index in [2.05, 4.69) is 37.0 Å². The second-order valence-electron chi connectivity index (χ2n) is 6.20. The monoisotopic (exact) mass is 487 g/mol. The van der Waals surface area contributed by atoms with E-state index in [9.17, 15) is 9.90 Å². The number of hydrogen-bond acceptors (Lipinski definition) is 3. The molecule has 0 radical (unpaired) electrons. The number of aliphatic hydroxyl groups excluding tert-OH is 1.